The van der Waals surface area contributed by atoms with Gasteiger partial charge in [0.1, 0.15) is 10.7 Å². The van der Waals surface area contributed by atoms with Gasteiger partial charge in [0.2, 0.25) is 0 Å². The van der Waals surface area contributed by atoms with Gasteiger partial charge in [0, 0.05) is 10.9 Å². The first-order valence-electron chi connectivity index (χ1n) is 9.43. The van der Waals surface area contributed by atoms with Gasteiger partial charge in [0.05, 0.1) is 11.1 Å². The third kappa shape index (κ3) is 4.68. The van der Waals surface area contributed by atoms with Crippen LogP contribution < -0.4 is 11.3 Å². The SMILES string of the molecule is CC(C)CCC[C@@H](C)N=C(N)SCc1nc2sc3c(c2c(=O)[nH]1)CCC3. The van der Waals surface area contributed by atoms with Crippen molar-refractivity contribution in [1.82, 2.24) is 9.97 Å². The first kappa shape index (κ1) is 19.4. The maximum absolute atomic E-state index is 12.5. The minimum atomic E-state index is -0.0115. The first-order chi connectivity index (χ1) is 12.4. The zero-order valence-corrected chi connectivity index (χ0v) is 17.4. The van der Waals surface area contributed by atoms with E-state index in [4.69, 9.17) is 5.73 Å². The van der Waals surface area contributed by atoms with Gasteiger partial charge >= 0.3 is 0 Å². The van der Waals surface area contributed by atoms with E-state index in [1.54, 1.807) is 11.3 Å². The van der Waals surface area contributed by atoms with E-state index in [1.807, 2.05) is 0 Å². The number of aryl methyl sites for hydroxylation is 2. The summed E-state index contributed by atoms with van der Waals surface area (Å²) in [6.45, 7) is 6.59. The predicted octanol–water partition coefficient (Wildman–Crippen LogP) is 4.24. The molecule has 0 fully saturated rings. The number of nitrogens with zero attached hydrogens (tertiary/aromatic N) is 2. The summed E-state index contributed by atoms with van der Waals surface area (Å²) in [6, 6.07) is 0.232. The van der Waals surface area contributed by atoms with Crippen LogP contribution in [0.5, 0.6) is 0 Å². The lowest BCUT2D eigenvalue weighted by Gasteiger charge is -2.09. The topological polar surface area (TPSA) is 84.1 Å². The van der Waals surface area contributed by atoms with E-state index < -0.39 is 0 Å². The highest BCUT2D eigenvalue weighted by atomic mass is 32.2. The van der Waals surface area contributed by atoms with Crippen LogP contribution in [0.25, 0.3) is 10.2 Å². The van der Waals surface area contributed by atoms with Crippen LogP contribution in [0.1, 0.15) is 62.7 Å². The standard InChI is InChI=1S/C19H28N4OS2/c1-11(2)6-4-7-12(3)21-19(20)25-10-15-22-17(24)16-13-8-5-9-14(13)26-18(16)23-15/h11-12H,4-10H2,1-3H3,(H2,20,21)(H,22,23,24)/t12-/m1/s1. The third-order valence-electron chi connectivity index (χ3n) is 4.73. The molecule has 1 atom stereocenters. The van der Waals surface area contributed by atoms with Crippen LogP contribution in [0.15, 0.2) is 9.79 Å². The maximum atomic E-state index is 12.5. The van der Waals surface area contributed by atoms with Crippen molar-refractivity contribution in [3.8, 4) is 0 Å². The normalized spacial score (nSPS) is 15.8. The van der Waals surface area contributed by atoms with Crippen LogP contribution >= 0.6 is 23.1 Å². The molecule has 3 N–H and O–H groups in total. The van der Waals surface area contributed by atoms with Gasteiger partial charge in [-0.15, -0.1) is 11.3 Å². The zero-order valence-electron chi connectivity index (χ0n) is 15.8. The van der Waals surface area contributed by atoms with Crippen LogP contribution in [0.2, 0.25) is 0 Å². The number of nitrogens with two attached hydrogens (primary N) is 1. The molecule has 0 saturated heterocycles. The number of aromatic nitrogens is 2. The number of aromatic amines is 1. The Labute approximate surface area is 162 Å². The molecular formula is C19H28N4OS2. The molecule has 0 aromatic carbocycles. The molecule has 0 unspecified atom stereocenters. The van der Waals surface area contributed by atoms with E-state index in [1.165, 1.54) is 35.0 Å². The summed E-state index contributed by atoms with van der Waals surface area (Å²) in [5.74, 6) is 1.95. The van der Waals surface area contributed by atoms with Gasteiger partial charge in [-0.1, -0.05) is 38.5 Å². The second-order valence-electron chi connectivity index (χ2n) is 7.48. The Morgan fingerprint density at radius 3 is 2.92 bits per heavy atom. The van der Waals surface area contributed by atoms with Gasteiger partial charge in [-0.3, -0.25) is 9.79 Å². The lowest BCUT2D eigenvalue weighted by atomic mass is 10.0. The number of thioether (sulfide) groups is 1. The monoisotopic (exact) mass is 392 g/mol. The fraction of sp³-hybridized carbons (Fsp3) is 0.632. The summed E-state index contributed by atoms with van der Waals surface area (Å²) in [5.41, 5.74) is 7.26. The quantitative estimate of drug-likeness (QED) is 0.545. The summed E-state index contributed by atoms with van der Waals surface area (Å²) < 4.78 is 0. The van der Waals surface area contributed by atoms with Crippen LogP contribution in [0.3, 0.4) is 0 Å². The number of H-pyrrole nitrogens is 1. The zero-order chi connectivity index (χ0) is 18.7. The van der Waals surface area contributed by atoms with E-state index in [-0.39, 0.29) is 11.6 Å². The Balaban J connectivity index is 1.61. The highest BCUT2D eigenvalue weighted by Gasteiger charge is 2.21. The smallest absolute Gasteiger partial charge is 0.259 e. The third-order valence-corrected chi connectivity index (χ3v) is 6.74. The number of rotatable bonds is 7. The van der Waals surface area contributed by atoms with Crippen molar-refractivity contribution in [2.45, 2.75) is 71.1 Å². The Morgan fingerprint density at radius 2 is 2.15 bits per heavy atom. The fourth-order valence-electron chi connectivity index (χ4n) is 3.40. The molecule has 2 heterocycles. The second-order valence-corrected chi connectivity index (χ2v) is 9.56. The molecule has 0 amide bonds. The van der Waals surface area contributed by atoms with Crippen molar-refractivity contribution in [3.63, 3.8) is 0 Å². The molecule has 0 spiro atoms. The number of hydrogen-bond donors (Lipinski definition) is 2. The molecule has 26 heavy (non-hydrogen) atoms. The van der Waals surface area contributed by atoms with Crippen LogP contribution in [0, 0.1) is 5.92 Å². The van der Waals surface area contributed by atoms with Crippen LogP contribution in [-0.4, -0.2) is 21.2 Å². The van der Waals surface area contributed by atoms with E-state index >= 15 is 0 Å². The lowest BCUT2D eigenvalue weighted by Crippen LogP contribution is -2.14. The molecule has 2 aromatic heterocycles. The Morgan fingerprint density at radius 1 is 1.35 bits per heavy atom. The first-order valence-corrected chi connectivity index (χ1v) is 11.2. The van der Waals surface area contributed by atoms with E-state index in [0.717, 1.165) is 41.8 Å². The van der Waals surface area contributed by atoms with E-state index in [2.05, 4.69) is 35.7 Å². The highest BCUT2D eigenvalue weighted by molar-refractivity contribution is 8.13. The molecule has 3 rings (SSSR count). The molecule has 0 saturated carbocycles. The molecule has 5 nitrogen and oxygen atoms in total. The molecule has 1 aliphatic carbocycles. The van der Waals surface area contributed by atoms with Gasteiger partial charge in [0.25, 0.3) is 5.56 Å². The number of thiophene rings is 1. The van der Waals surface area contributed by atoms with Crippen molar-refractivity contribution < 1.29 is 0 Å². The second kappa shape index (κ2) is 8.57. The average Bonchev–Trinajstić information content (AvgIpc) is 3.12. The van der Waals surface area contributed by atoms with Crippen molar-refractivity contribution in [3.05, 3.63) is 26.6 Å². The predicted molar refractivity (Wildman–Crippen MR) is 113 cm³/mol. The minimum Gasteiger partial charge on any atom is -0.379 e. The molecule has 142 valence electrons. The van der Waals surface area contributed by atoms with Crippen molar-refractivity contribution in [2.24, 2.45) is 16.6 Å². The van der Waals surface area contributed by atoms with Crippen molar-refractivity contribution in [2.75, 3.05) is 0 Å². The average molecular weight is 393 g/mol. The number of fused-ring (bicyclic) bond motifs is 3. The van der Waals surface area contributed by atoms with Gasteiger partial charge in [0.15, 0.2) is 5.17 Å². The number of hydrogen-bond acceptors (Lipinski definition) is 5. The summed E-state index contributed by atoms with van der Waals surface area (Å²) >= 11 is 3.11. The Bertz CT molecular complexity index is 853. The Kier molecular flexibility index (Phi) is 6.40. The molecule has 0 radical (unpaired) electrons. The molecule has 7 heteroatoms. The fourth-order valence-corrected chi connectivity index (χ4v) is 5.35. The molecule has 1 aliphatic rings. The van der Waals surface area contributed by atoms with Crippen LogP contribution in [0.4, 0.5) is 0 Å². The maximum Gasteiger partial charge on any atom is 0.259 e. The van der Waals surface area contributed by atoms with E-state index in [9.17, 15) is 4.79 Å². The molecule has 0 bridgehead atoms. The summed E-state index contributed by atoms with van der Waals surface area (Å²) in [7, 11) is 0. The van der Waals surface area contributed by atoms with Crippen molar-refractivity contribution in [1.29, 1.82) is 0 Å². The number of nitrogens with one attached hydrogen (secondary N) is 1. The van der Waals surface area contributed by atoms with Gasteiger partial charge in [-0.25, -0.2) is 4.98 Å². The van der Waals surface area contributed by atoms with Gasteiger partial charge in [-0.2, -0.15) is 0 Å². The highest BCUT2D eigenvalue weighted by Crippen LogP contribution is 2.34. The van der Waals surface area contributed by atoms with E-state index in [0.29, 0.717) is 16.7 Å². The molecular weight excluding hydrogens is 364 g/mol. The number of aliphatic imine (C=N–C) groups is 1. The van der Waals surface area contributed by atoms with Crippen molar-refractivity contribution >= 4 is 38.5 Å². The van der Waals surface area contributed by atoms with Gasteiger partial charge < -0.3 is 10.7 Å². The molecule has 0 aliphatic heterocycles. The minimum absolute atomic E-state index is 0.0115. The Hall–Kier alpha value is -1.34. The number of amidine groups is 1. The summed E-state index contributed by atoms with van der Waals surface area (Å²) in [4.78, 5) is 26.8. The van der Waals surface area contributed by atoms with Gasteiger partial charge in [-0.05, 0) is 44.1 Å². The molecule has 2 aromatic rings. The van der Waals surface area contributed by atoms with Crippen LogP contribution in [-0.2, 0) is 18.6 Å². The largest absolute Gasteiger partial charge is 0.379 e. The summed E-state index contributed by atoms with van der Waals surface area (Å²) in [6.07, 6.45) is 6.69. The lowest BCUT2D eigenvalue weighted by molar-refractivity contribution is 0.512. The summed E-state index contributed by atoms with van der Waals surface area (Å²) in [5, 5.41) is 1.37.